The highest BCUT2D eigenvalue weighted by atomic mass is 32.2. The lowest BCUT2D eigenvalue weighted by atomic mass is 10.1. The first-order valence-electron chi connectivity index (χ1n) is 12.6. The van der Waals surface area contributed by atoms with Crippen LogP contribution in [0, 0.1) is 13.8 Å². The summed E-state index contributed by atoms with van der Waals surface area (Å²) in [5.41, 5.74) is 2.29. The second-order valence-electron chi connectivity index (χ2n) is 10.6. The number of amides is 2. The van der Waals surface area contributed by atoms with Crippen LogP contribution in [-0.4, -0.2) is 68.8 Å². The highest BCUT2D eigenvalue weighted by molar-refractivity contribution is 7.90. The Balaban J connectivity index is 2.57. The maximum absolute atomic E-state index is 14.0. The second-order valence-corrected chi connectivity index (χ2v) is 12.7. The summed E-state index contributed by atoms with van der Waals surface area (Å²) >= 11 is 0. The number of ether oxygens (including phenoxy) is 1. The molecule has 0 aliphatic carbocycles. The molecule has 0 aromatic heterocycles. The van der Waals surface area contributed by atoms with Crippen molar-refractivity contribution in [3.8, 4) is 5.75 Å². The van der Waals surface area contributed by atoms with Crippen LogP contribution in [0.15, 0.2) is 42.5 Å². The molecule has 0 unspecified atom stereocenters. The van der Waals surface area contributed by atoms with Gasteiger partial charge in [-0.25, -0.2) is 4.31 Å². The Morgan fingerprint density at radius 3 is 2.13 bits per heavy atom. The van der Waals surface area contributed by atoms with Gasteiger partial charge in [-0.1, -0.05) is 31.2 Å². The fourth-order valence-electron chi connectivity index (χ4n) is 3.99. The number of hydrogen-bond acceptors (Lipinski definition) is 5. The lowest BCUT2D eigenvalue weighted by molar-refractivity contribution is -0.141. The van der Waals surface area contributed by atoms with Gasteiger partial charge in [0.1, 0.15) is 18.3 Å². The summed E-state index contributed by atoms with van der Waals surface area (Å²) in [6, 6.07) is 11.9. The van der Waals surface area contributed by atoms with Crippen molar-refractivity contribution in [1.82, 2.24) is 14.5 Å². The fourth-order valence-corrected chi connectivity index (χ4v) is 5.10. The Morgan fingerprint density at radius 2 is 1.63 bits per heavy atom. The molecule has 210 valence electrons. The summed E-state index contributed by atoms with van der Waals surface area (Å²) in [5.74, 6) is -0.110. The molecule has 0 spiro atoms. The van der Waals surface area contributed by atoms with Gasteiger partial charge in [-0.3, -0.25) is 9.59 Å². The van der Waals surface area contributed by atoms with Crippen molar-refractivity contribution in [2.45, 2.75) is 66.1 Å². The van der Waals surface area contributed by atoms with Gasteiger partial charge in [-0.05, 0) is 75.9 Å². The van der Waals surface area contributed by atoms with E-state index in [0.29, 0.717) is 23.4 Å². The lowest BCUT2D eigenvalue weighted by Gasteiger charge is -2.35. The van der Waals surface area contributed by atoms with Crippen molar-refractivity contribution in [3.63, 3.8) is 0 Å². The molecule has 38 heavy (non-hydrogen) atoms. The van der Waals surface area contributed by atoms with Crippen LogP contribution in [0.3, 0.4) is 0 Å². The van der Waals surface area contributed by atoms with Gasteiger partial charge in [-0.15, -0.1) is 0 Å². The van der Waals surface area contributed by atoms with Crippen molar-refractivity contribution >= 4 is 27.7 Å². The minimum absolute atomic E-state index is 0.127. The Morgan fingerprint density at radius 1 is 1.03 bits per heavy atom. The number of benzene rings is 2. The zero-order chi connectivity index (χ0) is 28.8. The van der Waals surface area contributed by atoms with Crippen molar-refractivity contribution in [2.24, 2.45) is 0 Å². The molecule has 0 radical (unpaired) electrons. The van der Waals surface area contributed by atoms with Crippen LogP contribution in [0.4, 0.5) is 5.69 Å². The molecule has 2 aromatic rings. The number of nitrogens with zero attached hydrogens (tertiary/aromatic N) is 3. The van der Waals surface area contributed by atoms with E-state index in [0.717, 1.165) is 19.7 Å². The maximum atomic E-state index is 14.0. The topological polar surface area (TPSA) is 99.3 Å². The molecule has 0 aliphatic rings. The number of carbonyl (C=O) groups is 2. The van der Waals surface area contributed by atoms with Gasteiger partial charge < -0.3 is 15.0 Å². The smallest absolute Gasteiger partial charge is 0.304 e. The first kappa shape index (κ1) is 31.1. The van der Waals surface area contributed by atoms with E-state index < -0.39 is 34.2 Å². The van der Waals surface area contributed by atoms with Crippen LogP contribution in [-0.2, 0) is 26.3 Å². The van der Waals surface area contributed by atoms with E-state index in [1.165, 1.54) is 19.0 Å². The minimum Gasteiger partial charge on any atom is -0.497 e. The number of hydrogen-bond donors (Lipinski definition) is 1. The Bertz CT molecular complexity index is 1220. The summed E-state index contributed by atoms with van der Waals surface area (Å²) in [6.07, 6.45) is 0.355. The van der Waals surface area contributed by atoms with E-state index in [1.807, 2.05) is 58.9 Å². The number of rotatable bonds is 11. The molecule has 2 aromatic carbocycles. The van der Waals surface area contributed by atoms with Crippen LogP contribution in [0.2, 0.25) is 0 Å². The fraction of sp³-hybridized carbons (Fsp3) is 0.500. The summed E-state index contributed by atoms with van der Waals surface area (Å²) < 4.78 is 34.3. The van der Waals surface area contributed by atoms with E-state index in [-0.39, 0.29) is 12.5 Å². The molecule has 1 N–H and O–H groups in total. The second kappa shape index (κ2) is 12.6. The lowest BCUT2D eigenvalue weighted by Crippen LogP contribution is -2.55. The van der Waals surface area contributed by atoms with Gasteiger partial charge in [-0.2, -0.15) is 12.7 Å². The molecule has 2 amide bonds. The highest BCUT2D eigenvalue weighted by Gasteiger charge is 2.35. The van der Waals surface area contributed by atoms with Gasteiger partial charge >= 0.3 is 10.2 Å². The Hall–Kier alpha value is -3.11. The monoisotopic (exact) mass is 546 g/mol. The third-order valence-electron chi connectivity index (χ3n) is 6.05. The molecule has 0 saturated heterocycles. The molecule has 1 atom stereocenters. The molecule has 0 heterocycles. The highest BCUT2D eigenvalue weighted by Crippen LogP contribution is 2.26. The van der Waals surface area contributed by atoms with Gasteiger partial charge in [0.05, 0.1) is 12.8 Å². The average molecular weight is 547 g/mol. The van der Waals surface area contributed by atoms with Gasteiger partial charge in [0.2, 0.25) is 11.8 Å². The van der Waals surface area contributed by atoms with E-state index in [2.05, 4.69) is 5.32 Å². The third-order valence-corrected chi connectivity index (χ3v) is 7.85. The SMILES string of the molecule is CC[C@H](C(=O)NC(C)(C)C)N(Cc1ccc(OC)cc1)C(=O)CN(c1cc(C)ccc1C)S(=O)(=O)N(C)C. The molecular formula is C28H42N4O5S. The van der Waals surface area contributed by atoms with E-state index in [1.54, 1.807) is 32.2 Å². The number of anilines is 1. The van der Waals surface area contributed by atoms with Crippen molar-refractivity contribution in [3.05, 3.63) is 59.2 Å². The standard InChI is InChI=1S/C28H42N4O5S/c1-10-24(27(34)29-28(4,5)6)31(18-22-13-15-23(37-9)16-14-22)26(33)19-32(38(35,36)30(7)8)25-17-20(2)11-12-21(25)3/h11-17,24H,10,18-19H2,1-9H3,(H,29,34)/t24-/m1/s1. The van der Waals surface area contributed by atoms with Crippen LogP contribution in [0.25, 0.3) is 0 Å². The zero-order valence-corrected chi connectivity index (χ0v) is 24.8. The van der Waals surface area contributed by atoms with Crippen molar-refractivity contribution in [1.29, 1.82) is 0 Å². The molecule has 10 heteroatoms. The predicted octanol–water partition coefficient (Wildman–Crippen LogP) is 3.65. The molecule has 2 rings (SSSR count). The summed E-state index contributed by atoms with van der Waals surface area (Å²) in [7, 11) is 0.409. The van der Waals surface area contributed by atoms with Crippen LogP contribution in [0.5, 0.6) is 5.75 Å². The third kappa shape index (κ3) is 7.94. The number of carbonyl (C=O) groups excluding carboxylic acids is 2. The van der Waals surface area contributed by atoms with Crippen molar-refractivity contribution in [2.75, 3.05) is 32.1 Å². The minimum atomic E-state index is -4.02. The molecule has 9 nitrogen and oxygen atoms in total. The first-order chi connectivity index (χ1) is 17.6. The summed E-state index contributed by atoms with van der Waals surface area (Å²) in [6.45, 7) is 10.8. The van der Waals surface area contributed by atoms with E-state index in [9.17, 15) is 18.0 Å². The van der Waals surface area contributed by atoms with Gasteiger partial charge in [0.25, 0.3) is 0 Å². The Labute approximate surface area is 227 Å². The quantitative estimate of drug-likeness (QED) is 0.464. The predicted molar refractivity (Wildman–Crippen MR) is 151 cm³/mol. The molecular weight excluding hydrogens is 504 g/mol. The summed E-state index contributed by atoms with van der Waals surface area (Å²) in [4.78, 5) is 28.8. The van der Waals surface area contributed by atoms with Gasteiger partial charge in [0.15, 0.2) is 0 Å². The maximum Gasteiger partial charge on any atom is 0.304 e. The number of aryl methyl sites for hydroxylation is 2. The molecule has 0 fully saturated rings. The average Bonchev–Trinajstić information content (AvgIpc) is 2.83. The molecule has 0 aliphatic heterocycles. The zero-order valence-electron chi connectivity index (χ0n) is 24.0. The Kier molecular flexibility index (Phi) is 10.3. The van der Waals surface area contributed by atoms with E-state index >= 15 is 0 Å². The van der Waals surface area contributed by atoms with Crippen molar-refractivity contribution < 1.29 is 22.7 Å². The van der Waals surface area contributed by atoms with Gasteiger partial charge in [0, 0.05) is 26.2 Å². The first-order valence-corrected chi connectivity index (χ1v) is 14.0. The summed E-state index contributed by atoms with van der Waals surface area (Å²) in [5, 5.41) is 2.97. The normalized spacial score (nSPS) is 12.7. The largest absolute Gasteiger partial charge is 0.497 e. The van der Waals surface area contributed by atoms with Crippen LogP contribution in [0.1, 0.15) is 50.8 Å². The van der Waals surface area contributed by atoms with E-state index in [4.69, 9.17) is 4.74 Å². The number of methoxy groups -OCH3 is 1. The molecule has 0 saturated carbocycles. The number of nitrogens with one attached hydrogen (secondary N) is 1. The van der Waals surface area contributed by atoms with Crippen LogP contribution < -0.4 is 14.4 Å². The molecule has 0 bridgehead atoms. The van der Waals surface area contributed by atoms with Crippen LogP contribution >= 0.6 is 0 Å².